The third kappa shape index (κ3) is 3.95. The molecule has 1 aliphatic heterocycles. The van der Waals surface area contributed by atoms with Crippen LogP contribution in [0.1, 0.15) is 32.3 Å². The van der Waals surface area contributed by atoms with Gasteiger partial charge in [0.15, 0.2) is 0 Å². The van der Waals surface area contributed by atoms with Crippen LogP contribution in [0.3, 0.4) is 0 Å². The van der Waals surface area contributed by atoms with Gasteiger partial charge in [-0.05, 0) is 30.4 Å². The molecule has 0 aromatic heterocycles. The van der Waals surface area contributed by atoms with Gasteiger partial charge in [-0.2, -0.15) is 0 Å². The summed E-state index contributed by atoms with van der Waals surface area (Å²) in [6, 6.07) is 9.12. The molecule has 0 radical (unpaired) electrons. The Labute approximate surface area is 116 Å². The van der Waals surface area contributed by atoms with Crippen LogP contribution in [0.2, 0.25) is 0 Å². The number of rotatable bonds is 5. The van der Waals surface area contributed by atoms with Crippen molar-refractivity contribution >= 4 is 5.69 Å². The number of piperidine rings is 1. The fourth-order valence-electron chi connectivity index (χ4n) is 2.72. The van der Waals surface area contributed by atoms with Gasteiger partial charge in [0.1, 0.15) is 0 Å². The number of benzene rings is 1. The van der Waals surface area contributed by atoms with Crippen LogP contribution in [-0.4, -0.2) is 30.8 Å². The number of hydrogen-bond donors (Lipinski definition) is 2. The summed E-state index contributed by atoms with van der Waals surface area (Å²) >= 11 is 0. The summed E-state index contributed by atoms with van der Waals surface area (Å²) in [5.41, 5.74) is 2.68. The Hall–Kier alpha value is -1.06. The molecule has 0 bridgehead atoms. The second-order valence-electron chi connectivity index (χ2n) is 5.80. The van der Waals surface area contributed by atoms with E-state index in [1.165, 1.54) is 17.7 Å². The maximum Gasteiger partial charge on any atom is 0.0476 e. The van der Waals surface area contributed by atoms with Gasteiger partial charge >= 0.3 is 0 Å². The van der Waals surface area contributed by atoms with Gasteiger partial charge in [0.05, 0.1) is 0 Å². The highest BCUT2D eigenvalue weighted by Crippen LogP contribution is 2.26. The molecule has 1 fully saturated rings. The van der Waals surface area contributed by atoms with Gasteiger partial charge in [-0.3, -0.25) is 0 Å². The first-order valence-electron chi connectivity index (χ1n) is 7.37. The summed E-state index contributed by atoms with van der Waals surface area (Å²) in [4.78, 5) is 2.43. The minimum absolute atomic E-state index is 0.308. The fourth-order valence-corrected chi connectivity index (χ4v) is 2.72. The monoisotopic (exact) mass is 262 g/mol. The molecule has 1 heterocycles. The van der Waals surface area contributed by atoms with E-state index in [2.05, 4.69) is 48.3 Å². The van der Waals surface area contributed by atoms with Gasteiger partial charge in [-0.15, -0.1) is 0 Å². The molecule has 2 rings (SSSR count). The van der Waals surface area contributed by atoms with Crippen molar-refractivity contribution in [2.45, 2.75) is 39.3 Å². The van der Waals surface area contributed by atoms with E-state index < -0.39 is 0 Å². The van der Waals surface area contributed by atoms with Crippen molar-refractivity contribution in [1.29, 1.82) is 0 Å². The summed E-state index contributed by atoms with van der Waals surface area (Å²) in [6.07, 6.45) is 2.33. The van der Waals surface area contributed by atoms with Gasteiger partial charge in [0, 0.05) is 38.0 Å². The smallest absolute Gasteiger partial charge is 0.0476 e. The van der Waals surface area contributed by atoms with Crippen molar-refractivity contribution in [3.8, 4) is 0 Å². The topological polar surface area (TPSA) is 35.5 Å². The van der Waals surface area contributed by atoms with Gasteiger partial charge in [-0.25, -0.2) is 0 Å². The summed E-state index contributed by atoms with van der Waals surface area (Å²) in [5, 5.41) is 12.9. The van der Waals surface area contributed by atoms with Crippen LogP contribution in [0, 0.1) is 5.92 Å². The molecule has 2 N–H and O–H groups in total. The molecule has 1 aromatic carbocycles. The van der Waals surface area contributed by atoms with Gasteiger partial charge in [-0.1, -0.05) is 32.0 Å². The molecule has 1 atom stereocenters. The van der Waals surface area contributed by atoms with Crippen LogP contribution >= 0.6 is 0 Å². The van der Waals surface area contributed by atoms with E-state index in [4.69, 9.17) is 0 Å². The Morgan fingerprint density at radius 2 is 2.16 bits per heavy atom. The Morgan fingerprint density at radius 3 is 2.89 bits per heavy atom. The zero-order valence-corrected chi connectivity index (χ0v) is 12.1. The minimum atomic E-state index is 0.308. The van der Waals surface area contributed by atoms with E-state index in [1.54, 1.807) is 0 Å². The standard InChI is InChI=1S/C16H26N2O/c1-13(2)17-10-15-7-3-4-8-16(15)18-9-5-6-14(11-18)12-19/h3-4,7-8,13-14,17,19H,5-6,9-12H2,1-2H3. The van der Waals surface area contributed by atoms with Crippen molar-refractivity contribution in [1.82, 2.24) is 5.32 Å². The first-order chi connectivity index (χ1) is 9.20. The SMILES string of the molecule is CC(C)NCc1ccccc1N1CCCC(CO)C1. The molecule has 0 aliphatic carbocycles. The highest BCUT2D eigenvalue weighted by molar-refractivity contribution is 5.54. The van der Waals surface area contributed by atoms with E-state index in [-0.39, 0.29) is 0 Å². The molecule has 1 unspecified atom stereocenters. The normalized spacial score (nSPS) is 20.0. The van der Waals surface area contributed by atoms with Gasteiger partial charge in [0.2, 0.25) is 0 Å². The number of para-hydroxylation sites is 1. The van der Waals surface area contributed by atoms with E-state index in [9.17, 15) is 5.11 Å². The molecule has 3 nitrogen and oxygen atoms in total. The first-order valence-corrected chi connectivity index (χ1v) is 7.37. The average molecular weight is 262 g/mol. The lowest BCUT2D eigenvalue weighted by Gasteiger charge is -2.35. The molecule has 1 aliphatic rings. The molecule has 19 heavy (non-hydrogen) atoms. The highest BCUT2D eigenvalue weighted by Gasteiger charge is 2.20. The predicted octanol–water partition coefficient (Wildman–Crippen LogP) is 2.39. The molecule has 0 amide bonds. The van der Waals surface area contributed by atoms with Crippen molar-refractivity contribution in [2.75, 3.05) is 24.6 Å². The number of anilines is 1. The van der Waals surface area contributed by atoms with Crippen LogP contribution in [-0.2, 0) is 6.54 Å². The second kappa shape index (κ2) is 6.92. The van der Waals surface area contributed by atoms with Crippen LogP contribution in [0.4, 0.5) is 5.69 Å². The maximum absolute atomic E-state index is 9.36. The number of nitrogens with zero attached hydrogens (tertiary/aromatic N) is 1. The third-order valence-corrected chi connectivity index (χ3v) is 3.81. The summed E-state index contributed by atoms with van der Waals surface area (Å²) in [6.45, 7) is 7.65. The van der Waals surface area contributed by atoms with Crippen LogP contribution in [0.25, 0.3) is 0 Å². The zero-order valence-electron chi connectivity index (χ0n) is 12.1. The van der Waals surface area contributed by atoms with E-state index in [0.29, 0.717) is 18.6 Å². The minimum Gasteiger partial charge on any atom is -0.396 e. The maximum atomic E-state index is 9.36. The molecular weight excluding hydrogens is 236 g/mol. The lowest BCUT2D eigenvalue weighted by molar-refractivity contribution is 0.208. The molecular formula is C16H26N2O. The van der Waals surface area contributed by atoms with Gasteiger partial charge < -0.3 is 15.3 Å². The van der Waals surface area contributed by atoms with E-state index >= 15 is 0 Å². The lowest BCUT2D eigenvalue weighted by atomic mass is 9.97. The quantitative estimate of drug-likeness (QED) is 0.855. The lowest BCUT2D eigenvalue weighted by Crippen LogP contribution is -2.37. The van der Waals surface area contributed by atoms with Crippen molar-refractivity contribution in [3.63, 3.8) is 0 Å². The van der Waals surface area contributed by atoms with Crippen molar-refractivity contribution < 1.29 is 5.11 Å². The summed E-state index contributed by atoms with van der Waals surface area (Å²) in [5.74, 6) is 0.430. The number of hydrogen-bond acceptors (Lipinski definition) is 3. The fraction of sp³-hybridized carbons (Fsp3) is 0.625. The molecule has 1 saturated heterocycles. The average Bonchev–Trinajstić information content (AvgIpc) is 2.45. The van der Waals surface area contributed by atoms with Gasteiger partial charge in [0.25, 0.3) is 0 Å². The number of aliphatic hydroxyl groups excluding tert-OH is 1. The molecule has 106 valence electrons. The molecule has 1 aromatic rings. The number of aliphatic hydroxyl groups is 1. The molecule has 3 heteroatoms. The summed E-state index contributed by atoms with van der Waals surface area (Å²) < 4.78 is 0. The third-order valence-electron chi connectivity index (χ3n) is 3.81. The molecule has 0 spiro atoms. The Balaban J connectivity index is 2.09. The second-order valence-corrected chi connectivity index (χ2v) is 5.80. The van der Waals surface area contributed by atoms with E-state index in [0.717, 1.165) is 26.1 Å². The van der Waals surface area contributed by atoms with Crippen molar-refractivity contribution in [2.24, 2.45) is 5.92 Å². The van der Waals surface area contributed by atoms with Crippen LogP contribution < -0.4 is 10.2 Å². The highest BCUT2D eigenvalue weighted by atomic mass is 16.3. The largest absolute Gasteiger partial charge is 0.396 e. The number of nitrogens with one attached hydrogen (secondary N) is 1. The summed E-state index contributed by atoms with van der Waals surface area (Å²) in [7, 11) is 0. The van der Waals surface area contributed by atoms with Crippen molar-refractivity contribution in [3.05, 3.63) is 29.8 Å². The Kier molecular flexibility index (Phi) is 5.23. The zero-order chi connectivity index (χ0) is 13.7. The van der Waals surface area contributed by atoms with Crippen LogP contribution in [0.15, 0.2) is 24.3 Å². The Bertz CT molecular complexity index is 392. The first kappa shape index (κ1) is 14.4. The van der Waals surface area contributed by atoms with Crippen LogP contribution in [0.5, 0.6) is 0 Å². The Morgan fingerprint density at radius 1 is 1.37 bits per heavy atom. The predicted molar refractivity (Wildman–Crippen MR) is 80.4 cm³/mol. The van der Waals surface area contributed by atoms with E-state index in [1.807, 2.05) is 0 Å². The molecule has 0 saturated carbocycles.